The van der Waals surface area contributed by atoms with Crippen LogP contribution in [0.25, 0.3) is 0 Å². The Morgan fingerprint density at radius 1 is 0.963 bits per heavy atom. The normalized spacial score (nSPS) is 10.9. The maximum atomic E-state index is 11.9. The number of hydrogen-bond acceptors (Lipinski definition) is 4. The average Bonchev–Trinajstić information content (AvgIpc) is 2.66. The number of nitrogens with one attached hydrogen (secondary N) is 1. The van der Waals surface area contributed by atoms with E-state index in [-0.39, 0.29) is 19.1 Å². The highest BCUT2D eigenvalue weighted by Gasteiger charge is 2.26. The molecule has 2 aromatic carbocycles. The topological polar surface area (TPSA) is 84.9 Å². The van der Waals surface area contributed by atoms with E-state index < -0.39 is 11.4 Å². The standard InChI is InChI=1S/C21H25NO5/c1-21(2,20(24)25)12-13-22-19(23)15-27-18-11-7-6-10-17(18)26-14-16-8-4-3-5-9-16/h3-11H,12-15H2,1-2H3,(H,22,23)(H,24,25). The first-order valence-electron chi connectivity index (χ1n) is 8.77. The predicted molar refractivity (Wildman–Crippen MR) is 102 cm³/mol. The first kappa shape index (κ1) is 20.3. The molecule has 144 valence electrons. The molecule has 0 aromatic heterocycles. The zero-order valence-corrected chi connectivity index (χ0v) is 15.6. The lowest BCUT2D eigenvalue weighted by Gasteiger charge is -2.19. The zero-order chi connectivity index (χ0) is 19.7. The summed E-state index contributed by atoms with van der Waals surface area (Å²) in [5, 5.41) is 11.7. The first-order chi connectivity index (χ1) is 12.9. The maximum absolute atomic E-state index is 11.9. The number of carboxylic acid groups (broad SMARTS) is 1. The molecule has 0 radical (unpaired) electrons. The second-order valence-corrected chi connectivity index (χ2v) is 6.80. The van der Waals surface area contributed by atoms with Crippen molar-refractivity contribution in [3.05, 3.63) is 60.2 Å². The van der Waals surface area contributed by atoms with E-state index in [1.165, 1.54) is 0 Å². The van der Waals surface area contributed by atoms with E-state index in [2.05, 4.69) is 5.32 Å². The minimum Gasteiger partial charge on any atom is -0.485 e. The summed E-state index contributed by atoms with van der Waals surface area (Å²) in [4.78, 5) is 23.0. The van der Waals surface area contributed by atoms with Crippen LogP contribution in [0.5, 0.6) is 11.5 Å². The van der Waals surface area contributed by atoms with Crippen molar-refractivity contribution < 1.29 is 24.2 Å². The average molecular weight is 371 g/mol. The van der Waals surface area contributed by atoms with E-state index in [9.17, 15) is 9.59 Å². The summed E-state index contributed by atoms with van der Waals surface area (Å²) in [6.07, 6.45) is 0.338. The number of para-hydroxylation sites is 2. The van der Waals surface area contributed by atoms with Gasteiger partial charge < -0.3 is 19.9 Å². The predicted octanol–water partition coefficient (Wildman–Crippen LogP) is 3.26. The van der Waals surface area contributed by atoms with Crippen molar-refractivity contribution in [1.82, 2.24) is 5.32 Å². The minimum atomic E-state index is -0.891. The summed E-state index contributed by atoms with van der Waals surface area (Å²) in [6, 6.07) is 16.9. The van der Waals surface area contributed by atoms with Gasteiger partial charge in [-0.25, -0.2) is 0 Å². The van der Waals surface area contributed by atoms with Crippen LogP contribution < -0.4 is 14.8 Å². The fourth-order valence-electron chi connectivity index (χ4n) is 2.24. The number of carboxylic acids is 1. The molecular formula is C21H25NO5. The van der Waals surface area contributed by atoms with Gasteiger partial charge >= 0.3 is 5.97 Å². The molecule has 0 aliphatic rings. The van der Waals surface area contributed by atoms with Crippen molar-refractivity contribution in [3.8, 4) is 11.5 Å². The van der Waals surface area contributed by atoms with Gasteiger partial charge in [0.2, 0.25) is 0 Å². The summed E-state index contributed by atoms with van der Waals surface area (Å²) < 4.78 is 11.3. The second kappa shape index (κ2) is 9.62. The molecule has 1 amide bonds. The zero-order valence-electron chi connectivity index (χ0n) is 15.6. The highest BCUT2D eigenvalue weighted by atomic mass is 16.5. The third-order valence-corrected chi connectivity index (χ3v) is 4.10. The van der Waals surface area contributed by atoms with Gasteiger partial charge in [0.05, 0.1) is 5.41 Å². The molecule has 0 saturated heterocycles. The summed E-state index contributed by atoms with van der Waals surface area (Å²) in [7, 11) is 0. The van der Waals surface area contributed by atoms with Crippen molar-refractivity contribution >= 4 is 11.9 Å². The largest absolute Gasteiger partial charge is 0.485 e. The summed E-state index contributed by atoms with van der Waals surface area (Å²) in [5.41, 5.74) is 0.150. The quantitative estimate of drug-likeness (QED) is 0.670. The van der Waals surface area contributed by atoms with E-state index >= 15 is 0 Å². The van der Waals surface area contributed by atoms with Gasteiger partial charge in [-0.2, -0.15) is 0 Å². The van der Waals surface area contributed by atoms with E-state index in [4.69, 9.17) is 14.6 Å². The molecule has 27 heavy (non-hydrogen) atoms. The van der Waals surface area contributed by atoms with Gasteiger partial charge in [0, 0.05) is 6.54 Å². The Labute approximate surface area is 159 Å². The molecule has 0 heterocycles. The lowest BCUT2D eigenvalue weighted by atomic mass is 9.90. The van der Waals surface area contributed by atoms with Gasteiger partial charge in [-0.3, -0.25) is 9.59 Å². The van der Waals surface area contributed by atoms with Crippen LogP contribution in [0.3, 0.4) is 0 Å². The number of ether oxygens (including phenoxy) is 2. The van der Waals surface area contributed by atoms with E-state index in [1.54, 1.807) is 32.0 Å². The number of aliphatic carboxylic acids is 1. The molecule has 6 nitrogen and oxygen atoms in total. The monoisotopic (exact) mass is 371 g/mol. The number of benzene rings is 2. The van der Waals surface area contributed by atoms with Gasteiger partial charge in [-0.15, -0.1) is 0 Å². The van der Waals surface area contributed by atoms with Gasteiger partial charge in [0.25, 0.3) is 5.91 Å². The van der Waals surface area contributed by atoms with Gasteiger partial charge in [-0.05, 0) is 38.0 Å². The van der Waals surface area contributed by atoms with Crippen LogP contribution in [0.2, 0.25) is 0 Å². The summed E-state index contributed by atoms with van der Waals surface area (Å²) >= 11 is 0. The minimum absolute atomic E-state index is 0.167. The van der Waals surface area contributed by atoms with Crippen LogP contribution in [-0.4, -0.2) is 30.1 Å². The molecule has 0 aliphatic carbocycles. The molecule has 0 fully saturated rings. The van der Waals surface area contributed by atoms with Crippen molar-refractivity contribution in [2.45, 2.75) is 26.9 Å². The van der Waals surface area contributed by atoms with E-state index in [1.807, 2.05) is 36.4 Å². The smallest absolute Gasteiger partial charge is 0.309 e. The number of carbonyl (C=O) groups is 2. The number of hydrogen-bond donors (Lipinski definition) is 2. The fraction of sp³-hybridized carbons (Fsp3) is 0.333. The SMILES string of the molecule is CC(C)(CCNC(=O)COc1ccccc1OCc1ccccc1)C(=O)O. The molecule has 6 heteroatoms. The molecule has 2 rings (SSSR count). The van der Waals surface area contributed by atoms with Crippen LogP contribution in [0.15, 0.2) is 54.6 Å². The van der Waals surface area contributed by atoms with Gasteiger partial charge in [0.1, 0.15) is 6.61 Å². The Hall–Kier alpha value is -3.02. The van der Waals surface area contributed by atoms with Crippen LogP contribution in [0.4, 0.5) is 0 Å². The molecule has 0 unspecified atom stereocenters. The summed E-state index contributed by atoms with van der Waals surface area (Å²) in [5.74, 6) is -0.165. The Balaban J connectivity index is 1.81. The fourth-order valence-corrected chi connectivity index (χ4v) is 2.24. The molecule has 0 saturated carbocycles. The second-order valence-electron chi connectivity index (χ2n) is 6.80. The van der Waals surface area contributed by atoms with Crippen LogP contribution in [0, 0.1) is 5.41 Å². The third kappa shape index (κ3) is 6.66. The lowest BCUT2D eigenvalue weighted by Crippen LogP contribution is -2.34. The Bertz CT molecular complexity index is 758. The lowest BCUT2D eigenvalue weighted by molar-refractivity contribution is -0.147. The van der Waals surface area contributed by atoms with Crippen molar-refractivity contribution in [2.24, 2.45) is 5.41 Å². The molecule has 0 bridgehead atoms. The summed E-state index contributed by atoms with van der Waals surface area (Å²) in [6.45, 7) is 3.75. The highest BCUT2D eigenvalue weighted by molar-refractivity contribution is 5.78. The van der Waals surface area contributed by atoms with Crippen molar-refractivity contribution in [2.75, 3.05) is 13.2 Å². The molecule has 2 N–H and O–H groups in total. The third-order valence-electron chi connectivity index (χ3n) is 4.10. The van der Waals surface area contributed by atoms with E-state index in [0.29, 0.717) is 24.5 Å². The molecule has 0 atom stereocenters. The van der Waals surface area contributed by atoms with E-state index in [0.717, 1.165) is 5.56 Å². The van der Waals surface area contributed by atoms with Crippen LogP contribution in [-0.2, 0) is 16.2 Å². The Morgan fingerprint density at radius 2 is 1.56 bits per heavy atom. The number of rotatable bonds is 10. The Kier molecular flexibility index (Phi) is 7.23. The van der Waals surface area contributed by atoms with Gasteiger partial charge in [-0.1, -0.05) is 42.5 Å². The van der Waals surface area contributed by atoms with Crippen LogP contribution in [0.1, 0.15) is 25.8 Å². The maximum Gasteiger partial charge on any atom is 0.309 e. The van der Waals surface area contributed by atoms with Crippen LogP contribution >= 0.6 is 0 Å². The van der Waals surface area contributed by atoms with Crippen molar-refractivity contribution in [1.29, 1.82) is 0 Å². The molecule has 0 spiro atoms. The Morgan fingerprint density at radius 3 is 2.19 bits per heavy atom. The first-order valence-corrected chi connectivity index (χ1v) is 8.77. The molecule has 2 aromatic rings. The molecule has 0 aliphatic heterocycles. The molecular weight excluding hydrogens is 346 g/mol. The number of amides is 1. The highest BCUT2D eigenvalue weighted by Crippen LogP contribution is 2.27. The number of carbonyl (C=O) groups excluding carboxylic acids is 1. The van der Waals surface area contributed by atoms with Gasteiger partial charge in [0.15, 0.2) is 18.1 Å². The van der Waals surface area contributed by atoms with Crippen molar-refractivity contribution in [3.63, 3.8) is 0 Å².